The lowest BCUT2D eigenvalue weighted by Gasteiger charge is -2.25. The summed E-state index contributed by atoms with van der Waals surface area (Å²) < 4.78 is 0. The third-order valence-electron chi connectivity index (χ3n) is 4.27. The van der Waals surface area contributed by atoms with Crippen LogP contribution in [0.4, 0.5) is 0 Å². The molecule has 0 aliphatic carbocycles. The molecule has 0 spiro atoms. The molecule has 3 heterocycles. The van der Waals surface area contributed by atoms with Crippen LogP contribution < -0.4 is 5.32 Å². The third kappa shape index (κ3) is 4.63. The van der Waals surface area contributed by atoms with Crippen LogP contribution >= 0.6 is 11.3 Å². The second-order valence-corrected chi connectivity index (χ2v) is 7.60. The summed E-state index contributed by atoms with van der Waals surface area (Å²) in [6.07, 6.45) is 3.36. The van der Waals surface area contributed by atoms with E-state index in [0.29, 0.717) is 25.9 Å². The lowest BCUT2D eigenvalue weighted by atomic mass is 10.2. The predicted molar refractivity (Wildman–Crippen MR) is 96.1 cm³/mol. The van der Waals surface area contributed by atoms with E-state index < -0.39 is 0 Å². The summed E-state index contributed by atoms with van der Waals surface area (Å²) in [6.45, 7) is 4.85. The molecule has 1 N–H and O–H groups in total. The lowest BCUT2D eigenvalue weighted by molar-refractivity contribution is -0.131. The van der Waals surface area contributed by atoms with Gasteiger partial charge in [-0.15, -0.1) is 11.3 Å². The smallest absolute Gasteiger partial charge is 0.228 e. The fourth-order valence-corrected chi connectivity index (χ4v) is 3.94. The first-order valence-corrected chi connectivity index (χ1v) is 9.23. The van der Waals surface area contributed by atoms with Gasteiger partial charge in [-0.3, -0.25) is 14.6 Å². The molecule has 132 valence electrons. The van der Waals surface area contributed by atoms with Crippen molar-refractivity contribution in [2.24, 2.45) is 0 Å². The van der Waals surface area contributed by atoms with Crippen molar-refractivity contribution < 1.29 is 9.59 Å². The Morgan fingerprint density at radius 1 is 1.40 bits per heavy atom. The van der Waals surface area contributed by atoms with Crippen molar-refractivity contribution in [2.45, 2.75) is 45.7 Å². The molecular formula is C18H22N4O2S. The molecule has 0 aromatic carbocycles. The summed E-state index contributed by atoms with van der Waals surface area (Å²) in [6, 6.07) is 5.70. The van der Waals surface area contributed by atoms with Gasteiger partial charge in [-0.1, -0.05) is 6.07 Å². The lowest BCUT2D eigenvalue weighted by Crippen LogP contribution is -2.42. The monoisotopic (exact) mass is 358 g/mol. The van der Waals surface area contributed by atoms with Gasteiger partial charge in [0.25, 0.3) is 0 Å². The number of pyridine rings is 1. The van der Waals surface area contributed by atoms with Crippen LogP contribution in [0.3, 0.4) is 0 Å². The average molecular weight is 358 g/mol. The van der Waals surface area contributed by atoms with Gasteiger partial charge in [-0.2, -0.15) is 0 Å². The number of carbonyl (C=O) groups excluding carboxylic acids is 2. The first-order chi connectivity index (χ1) is 12.0. The quantitative estimate of drug-likeness (QED) is 0.857. The number of rotatable bonds is 6. The van der Waals surface area contributed by atoms with Gasteiger partial charge >= 0.3 is 0 Å². The molecule has 6 nitrogen and oxygen atoms in total. The number of nitrogens with zero attached hydrogens (tertiary/aromatic N) is 3. The minimum absolute atomic E-state index is 0.0180. The Hall–Kier alpha value is -2.28. The molecule has 2 aromatic rings. The molecule has 0 unspecified atom stereocenters. The Labute approximate surface area is 151 Å². The fourth-order valence-electron chi connectivity index (χ4n) is 3.01. The molecule has 1 saturated heterocycles. The number of carbonyl (C=O) groups is 2. The van der Waals surface area contributed by atoms with E-state index in [-0.39, 0.29) is 17.9 Å². The minimum atomic E-state index is 0.0180. The molecule has 3 rings (SSSR count). The van der Waals surface area contributed by atoms with Crippen molar-refractivity contribution in [1.29, 1.82) is 0 Å². The van der Waals surface area contributed by atoms with Crippen molar-refractivity contribution >= 4 is 23.2 Å². The van der Waals surface area contributed by atoms with Crippen molar-refractivity contribution in [3.05, 3.63) is 45.7 Å². The van der Waals surface area contributed by atoms with Crippen LogP contribution in [0.2, 0.25) is 0 Å². The van der Waals surface area contributed by atoms with Crippen LogP contribution in [0.25, 0.3) is 0 Å². The van der Waals surface area contributed by atoms with Crippen LogP contribution in [-0.2, 0) is 22.6 Å². The molecule has 7 heteroatoms. The molecule has 1 aliphatic rings. The summed E-state index contributed by atoms with van der Waals surface area (Å²) in [5, 5.41) is 3.91. The maximum absolute atomic E-state index is 12.9. The normalized spacial score (nSPS) is 16.7. The van der Waals surface area contributed by atoms with Crippen LogP contribution in [0, 0.1) is 13.8 Å². The highest BCUT2D eigenvalue weighted by Crippen LogP contribution is 2.19. The second kappa shape index (κ2) is 7.74. The number of aryl methyl sites for hydroxylation is 2. The van der Waals surface area contributed by atoms with E-state index in [4.69, 9.17) is 0 Å². The SMILES string of the molecule is Cc1nc(C)c(CC(=O)N(Cc2ccccn2)C[C@@H]2CCC(=O)N2)s1. The van der Waals surface area contributed by atoms with Gasteiger partial charge in [-0.25, -0.2) is 4.98 Å². The zero-order valence-corrected chi connectivity index (χ0v) is 15.3. The van der Waals surface area contributed by atoms with Crippen molar-refractivity contribution in [3.8, 4) is 0 Å². The Morgan fingerprint density at radius 3 is 2.84 bits per heavy atom. The van der Waals surface area contributed by atoms with Gasteiger partial charge in [0.1, 0.15) is 0 Å². The Morgan fingerprint density at radius 2 is 2.24 bits per heavy atom. The van der Waals surface area contributed by atoms with Crippen molar-refractivity contribution in [2.75, 3.05) is 6.54 Å². The summed E-state index contributed by atoms with van der Waals surface area (Å²) >= 11 is 1.57. The first-order valence-electron chi connectivity index (χ1n) is 8.41. The topological polar surface area (TPSA) is 75.2 Å². The summed E-state index contributed by atoms with van der Waals surface area (Å²) in [5.74, 6) is 0.0997. The van der Waals surface area contributed by atoms with E-state index in [1.807, 2.05) is 32.0 Å². The van der Waals surface area contributed by atoms with E-state index in [1.54, 1.807) is 22.4 Å². The van der Waals surface area contributed by atoms with E-state index in [9.17, 15) is 9.59 Å². The number of aromatic nitrogens is 2. The van der Waals surface area contributed by atoms with Crippen molar-refractivity contribution in [1.82, 2.24) is 20.2 Å². The zero-order valence-electron chi connectivity index (χ0n) is 14.5. The fraction of sp³-hybridized carbons (Fsp3) is 0.444. The number of hydrogen-bond acceptors (Lipinski definition) is 5. The van der Waals surface area contributed by atoms with Gasteiger partial charge < -0.3 is 10.2 Å². The van der Waals surface area contributed by atoms with Gasteiger partial charge in [0.05, 0.1) is 29.4 Å². The summed E-state index contributed by atoms with van der Waals surface area (Å²) in [4.78, 5) is 35.9. The minimum Gasteiger partial charge on any atom is -0.352 e. The van der Waals surface area contributed by atoms with E-state index in [1.165, 1.54) is 0 Å². The second-order valence-electron chi connectivity index (χ2n) is 6.32. The molecular weight excluding hydrogens is 336 g/mol. The molecule has 1 atom stereocenters. The third-order valence-corrected chi connectivity index (χ3v) is 5.34. The summed E-state index contributed by atoms with van der Waals surface area (Å²) in [5.41, 5.74) is 1.76. The largest absolute Gasteiger partial charge is 0.352 e. The van der Waals surface area contributed by atoms with Crippen LogP contribution in [0.1, 0.15) is 34.1 Å². The summed E-state index contributed by atoms with van der Waals surface area (Å²) in [7, 11) is 0. The molecule has 1 aliphatic heterocycles. The average Bonchev–Trinajstić information content (AvgIpc) is 3.12. The molecule has 25 heavy (non-hydrogen) atoms. The molecule has 0 bridgehead atoms. The molecule has 2 amide bonds. The number of amides is 2. The van der Waals surface area contributed by atoms with Gasteiger partial charge in [-0.05, 0) is 32.4 Å². The maximum atomic E-state index is 12.9. The van der Waals surface area contributed by atoms with Crippen LogP contribution in [-0.4, -0.2) is 39.3 Å². The zero-order chi connectivity index (χ0) is 17.8. The number of thiazole rings is 1. The van der Waals surface area contributed by atoms with Gasteiger partial charge in [0, 0.05) is 30.1 Å². The highest BCUT2D eigenvalue weighted by molar-refractivity contribution is 7.11. The van der Waals surface area contributed by atoms with Crippen molar-refractivity contribution in [3.63, 3.8) is 0 Å². The Bertz CT molecular complexity index is 760. The Balaban J connectivity index is 1.73. The highest BCUT2D eigenvalue weighted by atomic mass is 32.1. The van der Waals surface area contributed by atoms with Gasteiger partial charge in [0.2, 0.25) is 11.8 Å². The molecule has 0 saturated carbocycles. The highest BCUT2D eigenvalue weighted by Gasteiger charge is 2.26. The molecule has 2 aromatic heterocycles. The predicted octanol–water partition coefficient (Wildman–Crippen LogP) is 2.00. The number of nitrogens with one attached hydrogen (secondary N) is 1. The Kier molecular flexibility index (Phi) is 5.43. The van der Waals surface area contributed by atoms with E-state index >= 15 is 0 Å². The van der Waals surface area contributed by atoms with Gasteiger partial charge in [0.15, 0.2) is 0 Å². The van der Waals surface area contributed by atoms with Crippen LogP contribution in [0.5, 0.6) is 0 Å². The van der Waals surface area contributed by atoms with Crippen LogP contribution in [0.15, 0.2) is 24.4 Å². The van der Waals surface area contributed by atoms with E-state index in [2.05, 4.69) is 15.3 Å². The maximum Gasteiger partial charge on any atom is 0.228 e. The standard InChI is InChI=1S/C18H22N4O2S/c1-12-16(25-13(2)20-12)9-18(24)22(10-14-5-3-4-8-19-14)11-15-6-7-17(23)21-15/h3-5,8,15H,6-7,9-11H2,1-2H3,(H,21,23)/t15-/m0/s1. The first kappa shape index (κ1) is 17.5. The number of hydrogen-bond donors (Lipinski definition) is 1. The molecule has 0 radical (unpaired) electrons. The molecule has 1 fully saturated rings. The van der Waals surface area contributed by atoms with E-state index in [0.717, 1.165) is 27.7 Å².